The van der Waals surface area contributed by atoms with E-state index in [2.05, 4.69) is 34.1 Å². The normalized spacial score (nSPS) is 20.6. The highest BCUT2D eigenvalue weighted by Gasteiger charge is 2.18. The second-order valence-corrected chi connectivity index (χ2v) is 5.15. The lowest BCUT2D eigenvalue weighted by atomic mass is 9.90. The molecule has 0 fully saturated rings. The third-order valence-corrected chi connectivity index (χ3v) is 3.60. The van der Waals surface area contributed by atoms with E-state index in [0.717, 1.165) is 18.5 Å². The molecule has 14 heavy (non-hydrogen) atoms. The Balaban J connectivity index is 2.47. The van der Waals surface area contributed by atoms with Gasteiger partial charge in [0, 0.05) is 11.4 Å². The highest BCUT2D eigenvalue weighted by molar-refractivity contribution is 7.17. The summed E-state index contributed by atoms with van der Waals surface area (Å²) in [6, 6.07) is 2.25. The highest BCUT2D eigenvalue weighted by atomic mass is 31.0. The number of aromatic nitrogens is 1. The molecule has 0 N–H and O–H groups in total. The molecule has 0 aliphatic heterocycles. The van der Waals surface area contributed by atoms with Gasteiger partial charge in [-0.2, -0.15) is 0 Å². The summed E-state index contributed by atoms with van der Waals surface area (Å²) in [6.45, 7) is 4.34. The predicted molar refractivity (Wildman–Crippen MR) is 63.9 cm³/mol. The number of hydrogen-bond acceptors (Lipinski definition) is 1. The smallest absolute Gasteiger partial charge is 0.0441 e. The number of hydrogen-bond donors (Lipinski definition) is 0. The Morgan fingerprint density at radius 2 is 2.36 bits per heavy atom. The Bertz CT molecular complexity index is 329. The third-order valence-electron chi connectivity index (χ3n) is 3.03. The van der Waals surface area contributed by atoms with Gasteiger partial charge in [-0.1, -0.05) is 6.92 Å². The number of nitrogens with zero attached hydrogens (tertiary/aromatic N) is 1. The molecule has 0 amide bonds. The summed E-state index contributed by atoms with van der Waals surface area (Å²) in [5.41, 5.74) is 6.35. The third kappa shape index (κ3) is 1.83. The summed E-state index contributed by atoms with van der Waals surface area (Å²) in [7, 11) is 2.96. The molecule has 1 aliphatic rings. The Morgan fingerprint density at radius 1 is 1.57 bits per heavy atom. The van der Waals surface area contributed by atoms with E-state index in [0.29, 0.717) is 0 Å². The van der Waals surface area contributed by atoms with Crippen LogP contribution in [0, 0.1) is 6.92 Å². The zero-order valence-corrected chi connectivity index (χ0v) is 10.2. The summed E-state index contributed by atoms with van der Waals surface area (Å²) in [6.07, 6.45) is 4.79. The van der Waals surface area contributed by atoms with Crippen LogP contribution in [0.3, 0.4) is 0 Å². The van der Waals surface area contributed by atoms with Crippen LogP contribution in [0.5, 0.6) is 0 Å². The molecule has 0 aromatic carbocycles. The Labute approximate surface area is 88.5 Å². The van der Waals surface area contributed by atoms with Crippen molar-refractivity contribution in [2.75, 3.05) is 0 Å². The van der Waals surface area contributed by atoms with Gasteiger partial charge in [-0.3, -0.25) is 4.98 Å². The standard InChI is InChI=1S/C12H18NP/c1-3-9-6-8(2)13-12-5-4-10(14)7-11(9)12/h6,10H,3-5,7,14H2,1-2H3. The second-order valence-electron chi connectivity index (χ2n) is 4.20. The molecule has 1 nitrogen and oxygen atoms in total. The fourth-order valence-corrected chi connectivity index (χ4v) is 2.70. The number of fused-ring (bicyclic) bond motifs is 1. The van der Waals surface area contributed by atoms with E-state index in [-0.39, 0.29) is 0 Å². The molecule has 2 rings (SSSR count). The topological polar surface area (TPSA) is 12.9 Å². The van der Waals surface area contributed by atoms with Crippen molar-refractivity contribution in [3.8, 4) is 0 Å². The quantitative estimate of drug-likeness (QED) is 0.645. The van der Waals surface area contributed by atoms with E-state index in [1.165, 1.54) is 35.4 Å². The maximum absolute atomic E-state index is 4.65. The van der Waals surface area contributed by atoms with E-state index < -0.39 is 0 Å². The van der Waals surface area contributed by atoms with E-state index in [1.54, 1.807) is 0 Å². The Morgan fingerprint density at radius 3 is 3.07 bits per heavy atom. The molecular weight excluding hydrogens is 189 g/mol. The molecule has 0 bridgehead atoms. The van der Waals surface area contributed by atoms with Crippen LogP contribution in [0.15, 0.2) is 6.07 Å². The first-order valence-corrected chi connectivity index (χ1v) is 6.11. The first-order chi connectivity index (χ1) is 6.70. The van der Waals surface area contributed by atoms with Crippen molar-refractivity contribution in [3.05, 3.63) is 28.6 Å². The molecule has 1 aromatic rings. The molecule has 1 heterocycles. The molecule has 2 unspecified atom stereocenters. The van der Waals surface area contributed by atoms with Crippen LogP contribution in [-0.2, 0) is 19.3 Å². The number of rotatable bonds is 1. The van der Waals surface area contributed by atoms with Crippen molar-refractivity contribution in [1.82, 2.24) is 4.98 Å². The van der Waals surface area contributed by atoms with Gasteiger partial charge >= 0.3 is 0 Å². The fraction of sp³-hybridized carbons (Fsp3) is 0.583. The van der Waals surface area contributed by atoms with Crippen LogP contribution in [0.4, 0.5) is 0 Å². The number of aryl methyl sites for hydroxylation is 3. The Kier molecular flexibility index (Phi) is 2.88. The molecule has 0 saturated carbocycles. The first kappa shape index (κ1) is 10.1. The van der Waals surface area contributed by atoms with Crippen LogP contribution in [0.1, 0.15) is 35.9 Å². The fourth-order valence-electron chi connectivity index (χ4n) is 2.29. The van der Waals surface area contributed by atoms with Gasteiger partial charge in [0.15, 0.2) is 0 Å². The maximum Gasteiger partial charge on any atom is 0.0441 e. The van der Waals surface area contributed by atoms with Crippen molar-refractivity contribution < 1.29 is 0 Å². The average Bonchev–Trinajstić information content (AvgIpc) is 2.17. The zero-order chi connectivity index (χ0) is 10.1. The Hall–Kier alpha value is -0.420. The average molecular weight is 207 g/mol. The summed E-state index contributed by atoms with van der Waals surface area (Å²) in [5.74, 6) is 0. The lowest BCUT2D eigenvalue weighted by Gasteiger charge is -2.23. The molecule has 2 heteroatoms. The lowest BCUT2D eigenvalue weighted by molar-refractivity contribution is 0.673. The minimum Gasteiger partial charge on any atom is -0.258 e. The van der Waals surface area contributed by atoms with Crippen LogP contribution in [-0.4, -0.2) is 10.6 Å². The van der Waals surface area contributed by atoms with E-state index in [4.69, 9.17) is 0 Å². The monoisotopic (exact) mass is 207 g/mol. The van der Waals surface area contributed by atoms with Gasteiger partial charge in [0.1, 0.15) is 0 Å². The molecule has 2 atom stereocenters. The van der Waals surface area contributed by atoms with Gasteiger partial charge in [0.05, 0.1) is 0 Å². The van der Waals surface area contributed by atoms with Crippen molar-refractivity contribution in [1.29, 1.82) is 0 Å². The molecule has 0 spiro atoms. The minimum atomic E-state index is 0.761. The van der Waals surface area contributed by atoms with Crippen LogP contribution in [0.25, 0.3) is 0 Å². The maximum atomic E-state index is 4.65. The first-order valence-electron chi connectivity index (χ1n) is 5.44. The van der Waals surface area contributed by atoms with Gasteiger partial charge < -0.3 is 0 Å². The summed E-state index contributed by atoms with van der Waals surface area (Å²) >= 11 is 0. The molecule has 0 radical (unpaired) electrons. The summed E-state index contributed by atoms with van der Waals surface area (Å²) in [5, 5.41) is 0. The van der Waals surface area contributed by atoms with Crippen molar-refractivity contribution >= 4 is 9.24 Å². The van der Waals surface area contributed by atoms with Crippen molar-refractivity contribution in [3.63, 3.8) is 0 Å². The molecule has 1 aliphatic carbocycles. The molecule has 0 saturated heterocycles. The summed E-state index contributed by atoms with van der Waals surface area (Å²) in [4.78, 5) is 4.65. The largest absolute Gasteiger partial charge is 0.258 e. The molecule has 76 valence electrons. The minimum absolute atomic E-state index is 0.761. The van der Waals surface area contributed by atoms with E-state index >= 15 is 0 Å². The second kappa shape index (κ2) is 3.98. The van der Waals surface area contributed by atoms with Gasteiger partial charge in [-0.05, 0) is 55.5 Å². The summed E-state index contributed by atoms with van der Waals surface area (Å²) < 4.78 is 0. The van der Waals surface area contributed by atoms with E-state index in [9.17, 15) is 0 Å². The lowest BCUT2D eigenvalue weighted by Crippen LogP contribution is -2.17. The van der Waals surface area contributed by atoms with Gasteiger partial charge in [-0.25, -0.2) is 0 Å². The van der Waals surface area contributed by atoms with Crippen LogP contribution in [0.2, 0.25) is 0 Å². The predicted octanol–water partition coefficient (Wildman–Crippen LogP) is 2.68. The van der Waals surface area contributed by atoms with Gasteiger partial charge in [0.2, 0.25) is 0 Å². The van der Waals surface area contributed by atoms with Gasteiger partial charge in [-0.15, -0.1) is 9.24 Å². The van der Waals surface area contributed by atoms with Crippen LogP contribution < -0.4 is 0 Å². The van der Waals surface area contributed by atoms with Crippen molar-refractivity contribution in [2.45, 2.75) is 45.2 Å². The zero-order valence-electron chi connectivity index (χ0n) is 9.01. The van der Waals surface area contributed by atoms with Crippen LogP contribution >= 0.6 is 9.24 Å². The molecular formula is C12H18NP. The number of pyridine rings is 1. The van der Waals surface area contributed by atoms with E-state index in [1.807, 2.05) is 0 Å². The molecule has 1 aromatic heterocycles. The highest BCUT2D eigenvalue weighted by Crippen LogP contribution is 2.27. The van der Waals surface area contributed by atoms with Crippen molar-refractivity contribution in [2.24, 2.45) is 0 Å². The SMILES string of the molecule is CCc1cc(C)nc2c1CC(P)CC2. The van der Waals surface area contributed by atoms with Gasteiger partial charge in [0.25, 0.3) is 0 Å².